The van der Waals surface area contributed by atoms with Gasteiger partial charge >= 0.3 is 6.85 Å². The Morgan fingerprint density at radius 2 is 1.17 bits per heavy atom. The summed E-state index contributed by atoms with van der Waals surface area (Å²) in [5.41, 5.74) is 20.1. The highest BCUT2D eigenvalue weighted by atomic mass is 16.3. The van der Waals surface area contributed by atoms with E-state index in [0.29, 0.717) is 0 Å². The number of hydrogen-bond donors (Lipinski definition) is 0. The summed E-state index contributed by atoms with van der Waals surface area (Å²) in [6.45, 7) is 4.68. The highest BCUT2D eigenvalue weighted by Crippen LogP contribution is 2.57. The SMILES string of the molecule is CC1(C)c2cc3ccccc3cc2N2c3cc4oc5ccccc5c4c4c3B(c3cccc1c32)N(c1cccc(-c2ccccc2)c1)c1ccc(-c2ccccc2)cc1-4. The molecule has 4 heterocycles. The monoisotopic (exact) mass is 752 g/mol. The van der Waals surface area contributed by atoms with Crippen LogP contribution in [0, 0.1) is 0 Å². The molecule has 0 aliphatic carbocycles. The van der Waals surface area contributed by atoms with Crippen molar-refractivity contribution in [1.29, 1.82) is 0 Å². The summed E-state index contributed by atoms with van der Waals surface area (Å²) in [7, 11) is 0. The first-order valence-electron chi connectivity index (χ1n) is 20.6. The Balaban J connectivity index is 1.20. The molecule has 3 nitrogen and oxygen atoms in total. The third-order valence-electron chi connectivity index (χ3n) is 13.4. The average molecular weight is 753 g/mol. The molecule has 0 unspecified atom stereocenters. The van der Waals surface area contributed by atoms with E-state index in [1.807, 2.05) is 0 Å². The van der Waals surface area contributed by atoms with E-state index in [1.54, 1.807) is 0 Å². The number of hydrogen-bond acceptors (Lipinski definition) is 3. The number of benzene rings is 9. The van der Waals surface area contributed by atoms with Gasteiger partial charge in [-0.3, -0.25) is 0 Å². The Labute approximate surface area is 343 Å². The number of para-hydroxylation sites is 2. The molecule has 4 heteroatoms. The van der Waals surface area contributed by atoms with E-state index in [2.05, 4.69) is 212 Å². The van der Waals surface area contributed by atoms with Gasteiger partial charge in [0.05, 0.1) is 5.69 Å². The van der Waals surface area contributed by atoms with Gasteiger partial charge in [0.25, 0.3) is 0 Å². The average Bonchev–Trinajstić information content (AvgIpc) is 3.67. The molecule has 9 aromatic carbocycles. The van der Waals surface area contributed by atoms with E-state index >= 15 is 0 Å². The van der Waals surface area contributed by atoms with Crippen molar-refractivity contribution in [2.24, 2.45) is 0 Å². The van der Waals surface area contributed by atoms with Crippen LogP contribution in [-0.2, 0) is 5.41 Å². The second-order valence-electron chi connectivity index (χ2n) is 16.9. The van der Waals surface area contributed by atoms with Gasteiger partial charge < -0.3 is 14.1 Å². The zero-order valence-electron chi connectivity index (χ0n) is 32.8. The van der Waals surface area contributed by atoms with Crippen molar-refractivity contribution in [1.82, 2.24) is 0 Å². The van der Waals surface area contributed by atoms with Crippen molar-refractivity contribution < 1.29 is 4.42 Å². The van der Waals surface area contributed by atoms with Crippen molar-refractivity contribution >= 4 is 78.9 Å². The minimum Gasteiger partial charge on any atom is -0.456 e. The van der Waals surface area contributed by atoms with Crippen LogP contribution < -0.4 is 20.6 Å². The summed E-state index contributed by atoms with van der Waals surface area (Å²) in [6, 6.07) is 69.4. The zero-order valence-corrected chi connectivity index (χ0v) is 32.8. The Morgan fingerprint density at radius 3 is 1.97 bits per heavy atom. The Bertz CT molecular complexity index is 3380. The van der Waals surface area contributed by atoms with E-state index < -0.39 is 0 Å². The zero-order chi connectivity index (χ0) is 39.0. The Kier molecular flexibility index (Phi) is 6.59. The highest BCUT2D eigenvalue weighted by Gasteiger charge is 2.50. The highest BCUT2D eigenvalue weighted by molar-refractivity contribution is 6.94. The molecule has 13 rings (SSSR count). The minimum absolute atomic E-state index is 0.122. The Morgan fingerprint density at radius 1 is 0.492 bits per heavy atom. The van der Waals surface area contributed by atoms with Crippen molar-refractivity contribution in [3.63, 3.8) is 0 Å². The summed E-state index contributed by atoms with van der Waals surface area (Å²) < 4.78 is 6.91. The first kappa shape index (κ1) is 32.8. The van der Waals surface area contributed by atoms with E-state index in [4.69, 9.17) is 4.42 Å². The first-order valence-corrected chi connectivity index (χ1v) is 20.6. The van der Waals surface area contributed by atoms with Gasteiger partial charge in [-0.15, -0.1) is 0 Å². The molecule has 59 heavy (non-hydrogen) atoms. The van der Waals surface area contributed by atoms with Crippen LogP contribution in [0.25, 0.3) is 66.1 Å². The Hall–Kier alpha value is -7.30. The molecule has 0 saturated heterocycles. The molecule has 3 aliphatic heterocycles. The van der Waals surface area contributed by atoms with Crippen molar-refractivity contribution in [3.8, 4) is 33.4 Å². The lowest BCUT2D eigenvalue weighted by atomic mass is 9.42. The fraction of sp³-hybridized carbons (Fsp3) is 0.0545. The molecular weight excluding hydrogens is 715 g/mol. The summed E-state index contributed by atoms with van der Waals surface area (Å²) in [5.74, 6) is 0. The number of rotatable bonds is 3. The molecule has 1 aromatic heterocycles. The molecule has 0 atom stereocenters. The van der Waals surface area contributed by atoms with Crippen molar-refractivity contribution in [3.05, 3.63) is 199 Å². The fourth-order valence-corrected chi connectivity index (χ4v) is 10.7. The molecule has 0 bridgehead atoms. The van der Waals surface area contributed by atoms with E-state index in [0.717, 1.165) is 22.2 Å². The summed E-state index contributed by atoms with van der Waals surface area (Å²) in [4.78, 5) is 5.22. The van der Waals surface area contributed by atoms with Crippen LogP contribution in [0.2, 0.25) is 0 Å². The number of anilines is 5. The van der Waals surface area contributed by atoms with Crippen LogP contribution in [0.15, 0.2) is 192 Å². The van der Waals surface area contributed by atoms with Crippen molar-refractivity contribution in [2.45, 2.75) is 19.3 Å². The number of furan rings is 1. The third-order valence-corrected chi connectivity index (χ3v) is 13.4. The second kappa shape index (κ2) is 11.9. The van der Waals surface area contributed by atoms with Crippen molar-refractivity contribution in [2.75, 3.05) is 9.71 Å². The van der Waals surface area contributed by atoms with Gasteiger partial charge in [-0.25, -0.2) is 0 Å². The largest absolute Gasteiger partial charge is 0.456 e. The second-order valence-corrected chi connectivity index (χ2v) is 16.9. The van der Waals surface area contributed by atoms with Crippen LogP contribution in [0.1, 0.15) is 25.0 Å². The smallest absolute Gasteiger partial charge is 0.333 e. The molecule has 0 amide bonds. The van der Waals surface area contributed by atoms with Crippen LogP contribution in [0.4, 0.5) is 28.4 Å². The maximum atomic E-state index is 6.91. The molecule has 0 spiro atoms. The van der Waals surface area contributed by atoms with Crippen LogP contribution in [-0.4, -0.2) is 6.85 Å². The van der Waals surface area contributed by atoms with Gasteiger partial charge in [-0.2, -0.15) is 0 Å². The van der Waals surface area contributed by atoms with Crippen LogP contribution >= 0.6 is 0 Å². The normalized spacial score (nSPS) is 14.3. The molecule has 3 aliphatic rings. The maximum absolute atomic E-state index is 6.91. The first-order chi connectivity index (χ1) is 29.0. The van der Waals surface area contributed by atoms with Gasteiger partial charge in [0.2, 0.25) is 0 Å². The minimum atomic E-state index is -0.250. The maximum Gasteiger partial charge on any atom is 0.333 e. The van der Waals surface area contributed by atoms with E-state index in [9.17, 15) is 0 Å². The fourth-order valence-electron chi connectivity index (χ4n) is 10.7. The van der Waals surface area contributed by atoms with Crippen LogP contribution in [0.5, 0.6) is 0 Å². The van der Waals surface area contributed by atoms with Gasteiger partial charge in [-0.05, 0) is 103 Å². The number of fused-ring (bicyclic) bond motifs is 11. The lowest BCUT2D eigenvalue weighted by Crippen LogP contribution is -2.62. The number of nitrogens with zero attached hydrogens (tertiary/aromatic N) is 2. The molecule has 0 N–H and O–H groups in total. The quantitative estimate of drug-likeness (QED) is 0.168. The standard InChI is InChI=1S/C55H37BN2O/c1-55(2)43-24-14-25-45-54(43)57(47-32-38-20-10-9-19-37(38)31-44(47)55)48-33-50-51(41-23-11-12-26-49(41)59-50)52-42-30-39(35-17-7-4-8-18-35)27-28-46(42)58(56(45)53(48)52)40-22-13-21-36(29-40)34-15-5-3-6-16-34/h3-33H,1-2H3. The molecular formula is C55H37BN2O. The van der Waals surface area contributed by atoms with E-state index in [1.165, 1.54) is 94.3 Å². The predicted octanol–water partition coefficient (Wildman–Crippen LogP) is 13.4. The van der Waals surface area contributed by atoms with E-state index in [-0.39, 0.29) is 12.3 Å². The molecule has 0 radical (unpaired) electrons. The molecule has 10 aromatic rings. The van der Waals surface area contributed by atoms with Gasteiger partial charge in [0.1, 0.15) is 11.2 Å². The lowest BCUT2D eigenvalue weighted by molar-refractivity contribution is 0.633. The predicted molar refractivity (Wildman–Crippen MR) is 248 cm³/mol. The molecule has 0 saturated carbocycles. The summed E-state index contributed by atoms with van der Waals surface area (Å²) in [6.07, 6.45) is 0. The lowest BCUT2D eigenvalue weighted by Gasteiger charge is -2.50. The van der Waals surface area contributed by atoms with Gasteiger partial charge in [0, 0.05) is 50.6 Å². The molecule has 0 fully saturated rings. The topological polar surface area (TPSA) is 19.6 Å². The molecule has 276 valence electrons. The van der Waals surface area contributed by atoms with Gasteiger partial charge in [0.15, 0.2) is 0 Å². The summed E-state index contributed by atoms with van der Waals surface area (Å²) >= 11 is 0. The summed E-state index contributed by atoms with van der Waals surface area (Å²) in [5, 5.41) is 4.81. The third kappa shape index (κ3) is 4.49. The van der Waals surface area contributed by atoms with Gasteiger partial charge in [-0.1, -0.05) is 153 Å². The van der Waals surface area contributed by atoms with Crippen LogP contribution in [0.3, 0.4) is 0 Å².